The summed E-state index contributed by atoms with van der Waals surface area (Å²) >= 11 is 0. The lowest BCUT2D eigenvalue weighted by atomic mass is 9.70. The normalized spacial score (nSPS) is 15.8. The molecular formula is C56H51NO. The molecule has 58 heavy (non-hydrogen) atoms. The van der Waals surface area contributed by atoms with Crippen LogP contribution in [-0.2, 0) is 5.41 Å². The quantitative estimate of drug-likeness (QED) is 0.161. The lowest BCUT2D eigenvalue weighted by molar-refractivity contribution is 0.304. The van der Waals surface area contributed by atoms with Crippen LogP contribution in [0.15, 0.2) is 168 Å². The first-order valence-electron chi connectivity index (χ1n) is 21.3. The van der Waals surface area contributed by atoms with Crippen molar-refractivity contribution >= 4 is 45.1 Å². The molecule has 2 aliphatic carbocycles. The van der Waals surface area contributed by atoms with Gasteiger partial charge in [0, 0.05) is 27.5 Å². The van der Waals surface area contributed by atoms with Gasteiger partial charge in [0.1, 0.15) is 11.2 Å². The molecule has 1 fully saturated rings. The van der Waals surface area contributed by atoms with Crippen molar-refractivity contribution in [3.8, 4) is 33.4 Å². The first-order valence-corrected chi connectivity index (χ1v) is 21.3. The molecule has 0 amide bonds. The van der Waals surface area contributed by atoms with Gasteiger partial charge in [-0.1, -0.05) is 180 Å². The summed E-state index contributed by atoms with van der Waals surface area (Å²) in [7, 11) is 0. The number of furan rings is 1. The summed E-state index contributed by atoms with van der Waals surface area (Å²) in [6, 6.07) is 58.2. The third-order valence-corrected chi connectivity index (χ3v) is 12.9. The second-order valence-corrected chi connectivity index (χ2v) is 17.4. The van der Waals surface area contributed by atoms with Crippen LogP contribution in [0.5, 0.6) is 0 Å². The Kier molecular flexibility index (Phi) is 9.37. The minimum atomic E-state index is -0.0615. The zero-order chi connectivity index (χ0) is 39.2. The van der Waals surface area contributed by atoms with Crippen molar-refractivity contribution in [2.45, 2.75) is 70.6 Å². The molecule has 0 radical (unpaired) electrons. The van der Waals surface area contributed by atoms with Crippen molar-refractivity contribution in [1.29, 1.82) is 0 Å². The maximum absolute atomic E-state index is 6.48. The smallest absolute Gasteiger partial charge is 0.136 e. The average Bonchev–Trinajstić information content (AvgIpc) is 3.66. The van der Waals surface area contributed by atoms with E-state index in [-0.39, 0.29) is 5.41 Å². The Balaban J connectivity index is 1.28. The highest BCUT2D eigenvalue weighted by molar-refractivity contribution is 6.14. The van der Waals surface area contributed by atoms with E-state index in [1.165, 1.54) is 76.7 Å². The van der Waals surface area contributed by atoms with E-state index in [0.29, 0.717) is 11.8 Å². The van der Waals surface area contributed by atoms with Gasteiger partial charge in [-0.05, 0) is 100 Å². The molecule has 1 heterocycles. The predicted octanol–water partition coefficient (Wildman–Crippen LogP) is 16.4. The molecule has 0 spiro atoms. The van der Waals surface area contributed by atoms with Crippen molar-refractivity contribution in [2.24, 2.45) is 5.92 Å². The van der Waals surface area contributed by atoms with Crippen LogP contribution in [0.1, 0.15) is 81.9 Å². The summed E-state index contributed by atoms with van der Waals surface area (Å²) in [6.07, 6.45) is 12.6. The number of fused-ring (bicyclic) bond motifs is 4. The second-order valence-electron chi connectivity index (χ2n) is 17.4. The molecule has 286 valence electrons. The monoisotopic (exact) mass is 753 g/mol. The van der Waals surface area contributed by atoms with Crippen molar-refractivity contribution in [2.75, 3.05) is 4.90 Å². The Morgan fingerprint density at radius 1 is 0.534 bits per heavy atom. The van der Waals surface area contributed by atoms with Crippen LogP contribution in [-0.4, -0.2) is 0 Å². The zero-order valence-electron chi connectivity index (χ0n) is 33.9. The number of rotatable bonds is 7. The summed E-state index contributed by atoms with van der Waals surface area (Å²) in [5, 5.41) is 2.28. The summed E-state index contributed by atoms with van der Waals surface area (Å²) in [5.41, 5.74) is 16.7. The van der Waals surface area contributed by atoms with E-state index in [2.05, 4.69) is 196 Å². The SMILES string of the molecule is CC(C)(C)c1ccc(-c2ccccc2)c(N(c2ccccc2-c2cccc3c2C(C2CCCCC2)CC=C3)c2ccccc2-c2cccc3oc4ccccc4c23)c1. The van der Waals surface area contributed by atoms with Gasteiger partial charge in [-0.25, -0.2) is 0 Å². The van der Waals surface area contributed by atoms with Gasteiger partial charge < -0.3 is 9.32 Å². The Morgan fingerprint density at radius 3 is 1.95 bits per heavy atom. The Bertz CT molecular complexity index is 2790. The molecule has 10 rings (SSSR count). The highest BCUT2D eigenvalue weighted by Crippen LogP contribution is 2.52. The molecule has 0 saturated heterocycles. The van der Waals surface area contributed by atoms with Crippen LogP contribution in [0.4, 0.5) is 17.1 Å². The van der Waals surface area contributed by atoms with Crippen molar-refractivity contribution in [3.63, 3.8) is 0 Å². The summed E-state index contributed by atoms with van der Waals surface area (Å²) < 4.78 is 6.48. The summed E-state index contributed by atoms with van der Waals surface area (Å²) in [4.78, 5) is 2.58. The van der Waals surface area contributed by atoms with Gasteiger partial charge in [-0.3, -0.25) is 0 Å². The molecule has 2 aliphatic rings. The molecule has 7 aromatic carbocycles. The molecule has 0 N–H and O–H groups in total. The molecule has 1 unspecified atom stereocenters. The third kappa shape index (κ3) is 6.45. The van der Waals surface area contributed by atoms with Crippen LogP contribution in [0.25, 0.3) is 61.4 Å². The van der Waals surface area contributed by atoms with Gasteiger partial charge in [-0.15, -0.1) is 0 Å². The summed E-state index contributed by atoms with van der Waals surface area (Å²) in [5.74, 6) is 1.22. The zero-order valence-corrected chi connectivity index (χ0v) is 33.9. The lowest BCUT2D eigenvalue weighted by Crippen LogP contribution is -2.20. The van der Waals surface area contributed by atoms with Crippen molar-refractivity contribution < 1.29 is 4.42 Å². The van der Waals surface area contributed by atoms with Gasteiger partial charge in [-0.2, -0.15) is 0 Å². The van der Waals surface area contributed by atoms with Gasteiger partial charge in [0.05, 0.1) is 17.1 Å². The number of anilines is 3. The molecule has 2 heteroatoms. The Labute approximate surface area is 343 Å². The average molecular weight is 754 g/mol. The van der Waals surface area contributed by atoms with E-state index < -0.39 is 0 Å². The number of hydrogen-bond donors (Lipinski definition) is 0. The number of allylic oxidation sites excluding steroid dienone is 1. The molecule has 0 aliphatic heterocycles. The van der Waals surface area contributed by atoms with Crippen LogP contribution < -0.4 is 4.90 Å². The fraction of sp³-hybridized carbons (Fsp3) is 0.214. The molecule has 2 nitrogen and oxygen atoms in total. The molecule has 1 saturated carbocycles. The van der Waals surface area contributed by atoms with Crippen LogP contribution >= 0.6 is 0 Å². The predicted molar refractivity (Wildman–Crippen MR) is 246 cm³/mol. The van der Waals surface area contributed by atoms with Gasteiger partial charge >= 0.3 is 0 Å². The van der Waals surface area contributed by atoms with Crippen molar-refractivity contribution in [1.82, 2.24) is 0 Å². The largest absolute Gasteiger partial charge is 0.456 e. The van der Waals surface area contributed by atoms with Gasteiger partial charge in [0.15, 0.2) is 0 Å². The van der Waals surface area contributed by atoms with E-state index in [9.17, 15) is 0 Å². The first-order chi connectivity index (χ1) is 28.4. The van der Waals surface area contributed by atoms with Crippen LogP contribution in [0, 0.1) is 5.92 Å². The van der Waals surface area contributed by atoms with E-state index in [1.807, 2.05) is 0 Å². The number of nitrogens with zero attached hydrogens (tertiary/aromatic N) is 1. The maximum Gasteiger partial charge on any atom is 0.136 e. The first kappa shape index (κ1) is 36.2. The van der Waals surface area contributed by atoms with Crippen molar-refractivity contribution in [3.05, 3.63) is 180 Å². The molecular weight excluding hydrogens is 703 g/mol. The van der Waals surface area contributed by atoms with E-state index in [4.69, 9.17) is 4.42 Å². The standard InChI is InChI=1S/C56H51NO/c1-56(2,3)41-35-36-42(38-19-6-4-7-20-38)51(37-41)57(50-32-14-11-26-45(50)47-30-18-34-53-55(47)48-27-12-15-33-52(48)58-53)49-31-13-10-25-44(49)46-29-17-24-40-23-16-28-43(54(40)46)39-21-8-5-9-22-39/h4,6-7,10-20,23-27,29-37,39,43H,5,8-9,21-22,28H2,1-3H3. The molecule has 8 aromatic rings. The highest BCUT2D eigenvalue weighted by atomic mass is 16.3. The topological polar surface area (TPSA) is 16.4 Å². The highest BCUT2D eigenvalue weighted by Gasteiger charge is 2.32. The van der Waals surface area contributed by atoms with Crippen LogP contribution in [0.2, 0.25) is 0 Å². The number of hydrogen-bond acceptors (Lipinski definition) is 2. The summed E-state index contributed by atoms with van der Waals surface area (Å²) in [6.45, 7) is 6.96. The fourth-order valence-corrected chi connectivity index (χ4v) is 10.0. The number of benzene rings is 7. The van der Waals surface area contributed by atoms with E-state index >= 15 is 0 Å². The molecule has 1 aromatic heterocycles. The Morgan fingerprint density at radius 2 is 1.17 bits per heavy atom. The number of para-hydroxylation sites is 3. The second kappa shape index (κ2) is 15.0. The van der Waals surface area contributed by atoms with Gasteiger partial charge in [0.2, 0.25) is 0 Å². The minimum absolute atomic E-state index is 0.0615. The van der Waals surface area contributed by atoms with Crippen LogP contribution in [0.3, 0.4) is 0 Å². The molecule has 1 atom stereocenters. The Hall–Kier alpha value is -6.12. The fourth-order valence-electron chi connectivity index (χ4n) is 10.0. The molecule has 0 bridgehead atoms. The lowest BCUT2D eigenvalue weighted by Gasteiger charge is -2.36. The maximum atomic E-state index is 6.48. The van der Waals surface area contributed by atoms with E-state index in [1.54, 1.807) is 0 Å². The minimum Gasteiger partial charge on any atom is -0.456 e. The third-order valence-electron chi connectivity index (χ3n) is 12.9. The van der Waals surface area contributed by atoms with Gasteiger partial charge in [0.25, 0.3) is 0 Å². The van der Waals surface area contributed by atoms with E-state index in [0.717, 1.165) is 50.9 Å².